The summed E-state index contributed by atoms with van der Waals surface area (Å²) in [4.78, 5) is 26.0. The first-order valence-electron chi connectivity index (χ1n) is 8.41. The molecule has 0 spiro atoms. The molecule has 4 heteroatoms. The van der Waals surface area contributed by atoms with Gasteiger partial charge < -0.3 is 10.6 Å². The number of hydrogen-bond acceptors (Lipinski definition) is 2. The van der Waals surface area contributed by atoms with E-state index in [2.05, 4.69) is 0 Å². The standard InChI is InChI=1S/C21H25N2O2/c1-21(2,20(22)25)15-19(24)23(16-18-11-7-4-8-12-18)14-13-17-9-5-3-6-10-17/h3-12,15H,13-14,16H2,1-2H3,(H2,22,25). The van der Waals surface area contributed by atoms with Crippen LogP contribution in [0, 0.1) is 11.8 Å². The van der Waals surface area contributed by atoms with Crippen molar-refractivity contribution in [1.82, 2.24) is 4.90 Å². The summed E-state index contributed by atoms with van der Waals surface area (Å²) in [6.45, 7) is 4.39. The molecular formula is C21H25N2O2. The first-order valence-corrected chi connectivity index (χ1v) is 8.41. The minimum atomic E-state index is -0.973. The van der Waals surface area contributed by atoms with E-state index >= 15 is 0 Å². The van der Waals surface area contributed by atoms with Crippen LogP contribution in [-0.2, 0) is 22.6 Å². The Morgan fingerprint density at radius 1 is 0.960 bits per heavy atom. The number of hydrogen-bond donors (Lipinski definition) is 1. The van der Waals surface area contributed by atoms with Crippen LogP contribution >= 0.6 is 0 Å². The Kier molecular flexibility index (Phi) is 6.34. The summed E-state index contributed by atoms with van der Waals surface area (Å²) < 4.78 is 0. The molecule has 2 amide bonds. The molecule has 0 atom stereocenters. The first kappa shape index (κ1) is 18.7. The molecule has 0 saturated carbocycles. The molecule has 0 bridgehead atoms. The molecule has 2 aromatic rings. The molecule has 0 heterocycles. The number of carbonyl (C=O) groups excluding carboxylic acids is 2. The number of nitrogens with two attached hydrogens (primary N) is 1. The highest BCUT2D eigenvalue weighted by atomic mass is 16.2. The van der Waals surface area contributed by atoms with Gasteiger partial charge in [0.05, 0.1) is 11.8 Å². The van der Waals surface area contributed by atoms with Gasteiger partial charge in [-0.15, -0.1) is 0 Å². The van der Waals surface area contributed by atoms with E-state index in [4.69, 9.17) is 5.73 Å². The fourth-order valence-corrected chi connectivity index (χ4v) is 2.45. The third-order valence-electron chi connectivity index (χ3n) is 4.16. The van der Waals surface area contributed by atoms with Crippen LogP contribution in [0.4, 0.5) is 0 Å². The Morgan fingerprint density at radius 3 is 2.00 bits per heavy atom. The molecule has 2 aromatic carbocycles. The van der Waals surface area contributed by atoms with E-state index in [-0.39, 0.29) is 5.91 Å². The van der Waals surface area contributed by atoms with Crippen LogP contribution in [0.3, 0.4) is 0 Å². The quantitative estimate of drug-likeness (QED) is 0.805. The van der Waals surface area contributed by atoms with Crippen LogP contribution in [0.5, 0.6) is 0 Å². The van der Waals surface area contributed by atoms with Gasteiger partial charge in [-0.1, -0.05) is 74.5 Å². The Hall–Kier alpha value is -2.62. The highest BCUT2D eigenvalue weighted by Gasteiger charge is 2.31. The monoisotopic (exact) mass is 337 g/mol. The zero-order valence-corrected chi connectivity index (χ0v) is 14.8. The summed E-state index contributed by atoms with van der Waals surface area (Å²) in [5.41, 5.74) is 6.64. The average molecular weight is 337 g/mol. The molecule has 0 aromatic heterocycles. The SMILES string of the molecule is CC(C)([CH]C(=O)N(CCc1ccccc1)Cc1ccccc1)C(N)=O. The molecule has 0 unspecified atom stereocenters. The average Bonchev–Trinajstić information content (AvgIpc) is 2.59. The Bertz CT molecular complexity index is 696. The summed E-state index contributed by atoms with van der Waals surface area (Å²) >= 11 is 0. The number of benzene rings is 2. The van der Waals surface area contributed by atoms with Gasteiger partial charge in [0.25, 0.3) is 0 Å². The van der Waals surface area contributed by atoms with Crippen molar-refractivity contribution in [2.75, 3.05) is 6.54 Å². The zero-order chi connectivity index (χ0) is 18.3. The van der Waals surface area contributed by atoms with Crippen molar-refractivity contribution < 1.29 is 9.59 Å². The summed E-state index contributed by atoms with van der Waals surface area (Å²) in [7, 11) is 0. The van der Waals surface area contributed by atoms with Crippen molar-refractivity contribution in [1.29, 1.82) is 0 Å². The zero-order valence-electron chi connectivity index (χ0n) is 14.8. The largest absolute Gasteiger partial charge is 0.369 e. The van der Waals surface area contributed by atoms with Crippen LogP contribution in [0.1, 0.15) is 25.0 Å². The highest BCUT2D eigenvalue weighted by molar-refractivity contribution is 5.94. The maximum atomic E-state index is 12.8. The lowest BCUT2D eigenvalue weighted by Crippen LogP contribution is -2.40. The Morgan fingerprint density at radius 2 is 1.48 bits per heavy atom. The van der Waals surface area contributed by atoms with Crippen LogP contribution in [0.15, 0.2) is 60.7 Å². The normalized spacial score (nSPS) is 11.1. The molecule has 1 radical (unpaired) electrons. The molecule has 25 heavy (non-hydrogen) atoms. The summed E-state index contributed by atoms with van der Waals surface area (Å²) in [6.07, 6.45) is 2.17. The predicted octanol–water partition coefficient (Wildman–Crippen LogP) is 2.97. The number of nitrogens with zero attached hydrogens (tertiary/aromatic N) is 1. The van der Waals surface area contributed by atoms with Gasteiger partial charge in [0.2, 0.25) is 11.8 Å². The van der Waals surface area contributed by atoms with Crippen LogP contribution in [0.25, 0.3) is 0 Å². The van der Waals surface area contributed by atoms with E-state index in [1.165, 1.54) is 12.0 Å². The van der Waals surface area contributed by atoms with Gasteiger partial charge in [-0.2, -0.15) is 0 Å². The second kappa shape index (κ2) is 8.47. The van der Waals surface area contributed by atoms with Gasteiger partial charge in [-0.05, 0) is 17.5 Å². The smallest absolute Gasteiger partial charge is 0.227 e. The number of primary amides is 1. The molecule has 2 N–H and O–H groups in total. The molecule has 0 saturated heterocycles. The van der Waals surface area contributed by atoms with Crippen LogP contribution in [0.2, 0.25) is 0 Å². The van der Waals surface area contributed by atoms with Crippen molar-refractivity contribution in [3.63, 3.8) is 0 Å². The third kappa shape index (κ3) is 5.75. The number of rotatable bonds is 8. The van der Waals surface area contributed by atoms with Crippen molar-refractivity contribution in [3.8, 4) is 0 Å². The maximum Gasteiger partial charge on any atom is 0.227 e. The molecule has 4 nitrogen and oxygen atoms in total. The number of amides is 2. The van der Waals surface area contributed by atoms with E-state index in [0.717, 1.165) is 12.0 Å². The van der Waals surface area contributed by atoms with E-state index in [1.807, 2.05) is 60.7 Å². The molecule has 0 aliphatic heterocycles. The Labute approximate surface area is 149 Å². The van der Waals surface area contributed by atoms with Gasteiger partial charge in [0.1, 0.15) is 0 Å². The van der Waals surface area contributed by atoms with E-state index < -0.39 is 11.3 Å². The lowest BCUT2D eigenvalue weighted by atomic mass is 9.88. The fraction of sp³-hybridized carbons (Fsp3) is 0.286. The minimum Gasteiger partial charge on any atom is -0.369 e. The van der Waals surface area contributed by atoms with Gasteiger partial charge in [0, 0.05) is 13.1 Å². The van der Waals surface area contributed by atoms with Gasteiger partial charge in [-0.3, -0.25) is 9.59 Å². The molecule has 131 valence electrons. The lowest BCUT2D eigenvalue weighted by Gasteiger charge is -2.27. The molecular weight excluding hydrogens is 312 g/mol. The van der Waals surface area contributed by atoms with Gasteiger partial charge in [-0.25, -0.2) is 0 Å². The molecule has 0 aliphatic rings. The van der Waals surface area contributed by atoms with E-state index in [0.29, 0.717) is 13.1 Å². The number of carbonyl (C=O) groups is 2. The lowest BCUT2D eigenvalue weighted by molar-refractivity contribution is -0.133. The van der Waals surface area contributed by atoms with Crippen molar-refractivity contribution in [2.45, 2.75) is 26.8 Å². The van der Waals surface area contributed by atoms with Crippen molar-refractivity contribution in [3.05, 3.63) is 78.2 Å². The maximum absolute atomic E-state index is 12.8. The fourth-order valence-electron chi connectivity index (χ4n) is 2.45. The molecule has 0 aliphatic carbocycles. The topological polar surface area (TPSA) is 63.4 Å². The van der Waals surface area contributed by atoms with Crippen LogP contribution < -0.4 is 5.73 Å². The van der Waals surface area contributed by atoms with Crippen LogP contribution in [-0.4, -0.2) is 23.3 Å². The third-order valence-corrected chi connectivity index (χ3v) is 4.16. The van der Waals surface area contributed by atoms with Gasteiger partial charge >= 0.3 is 0 Å². The van der Waals surface area contributed by atoms with Crippen molar-refractivity contribution in [2.24, 2.45) is 11.1 Å². The van der Waals surface area contributed by atoms with Gasteiger partial charge in [0.15, 0.2) is 0 Å². The van der Waals surface area contributed by atoms with Crippen molar-refractivity contribution >= 4 is 11.8 Å². The Balaban J connectivity index is 2.10. The molecule has 2 rings (SSSR count). The van der Waals surface area contributed by atoms with E-state index in [1.54, 1.807) is 18.7 Å². The first-order chi connectivity index (χ1) is 11.9. The summed E-state index contributed by atoms with van der Waals surface area (Å²) in [6, 6.07) is 19.9. The second-order valence-electron chi connectivity index (χ2n) is 6.71. The van der Waals surface area contributed by atoms with E-state index in [9.17, 15) is 9.59 Å². The second-order valence-corrected chi connectivity index (χ2v) is 6.71. The summed E-state index contributed by atoms with van der Waals surface area (Å²) in [5, 5.41) is 0. The predicted molar refractivity (Wildman–Crippen MR) is 99.3 cm³/mol. The molecule has 0 fully saturated rings. The summed E-state index contributed by atoms with van der Waals surface area (Å²) in [5.74, 6) is -0.688. The highest BCUT2D eigenvalue weighted by Crippen LogP contribution is 2.21. The minimum absolute atomic E-state index is 0.177.